The van der Waals surface area contributed by atoms with Gasteiger partial charge in [-0.3, -0.25) is 9.20 Å². The third kappa shape index (κ3) is 3.46. The maximum atomic E-state index is 13.1. The van der Waals surface area contributed by atoms with Gasteiger partial charge in [-0.25, -0.2) is 14.4 Å². The van der Waals surface area contributed by atoms with Crippen molar-refractivity contribution < 1.29 is 4.39 Å². The molecule has 1 aliphatic heterocycles. The van der Waals surface area contributed by atoms with Gasteiger partial charge in [0.2, 0.25) is 11.2 Å². The van der Waals surface area contributed by atoms with Crippen molar-refractivity contribution in [3.05, 3.63) is 96.7 Å². The lowest BCUT2D eigenvalue weighted by Crippen LogP contribution is -2.45. The van der Waals surface area contributed by atoms with Crippen LogP contribution in [-0.4, -0.2) is 18.9 Å². The second kappa shape index (κ2) is 7.58. The minimum atomic E-state index is -0.257. The average molecular weight is 438 g/mol. The first kappa shape index (κ1) is 18.8. The highest BCUT2D eigenvalue weighted by Gasteiger charge is 2.16. The summed E-state index contributed by atoms with van der Waals surface area (Å²) in [5, 5.41) is 7.43. The van der Waals surface area contributed by atoms with Gasteiger partial charge in [-0.2, -0.15) is 0 Å². The number of halogens is 1. The van der Waals surface area contributed by atoms with E-state index in [4.69, 9.17) is 0 Å². The van der Waals surface area contributed by atoms with Gasteiger partial charge in [0.15, 0.2) is 0 Å². The summed E-state index contributed by atoms with van der Waals surface area (Å²) in [4.78, 5) is 22.9. The lowest BCUT2D eigenvalue weighted by Gasteiger charge is -2.04. The van der Waals surface area contributed by atoms with Crippen LogP contribution >= 0.6 is 23.1 Å². The van der Waals surface area contributed by atoms with E-state index < -0.39 is 0 Å². The van der Waals surface area contributed by atoms with E-state index in [1.165, 1.54) is 23.9 Å². The number of nitrogens with one attached hydrogen (secondary N) is 1. The third-order valence-corrected chi connectivity index (χ3v) is 6.55. The number of hydrogen-bond acceptors (Lipinski definition) is 6. The monoisotopic (exact) mass is 437 g/mol. The summed E-state index contributed by atoms with van der Waals surface area (Å²) in [5.41, 5.74) is 0.778. The van der Waals surface area contributed by atoms with Crippen molar-refractivity contribution in [1.82, 2.24) is 24.3 Å². The lowest BCUT2D eigenvalue weighted by molar-refractivity contribution is 0.627. The molecule has 0 spiro atoms. The summed E-state index contributed by atoms with van der Waals surface area (Å²) in [7, 11) is 0. The Morgan fingerprint density at radius 2 is 2.03 bits per heavy atom. The van der Waals surface area contributed by atoms with E-state index in [1.807, 2.05) is 22.3 Å². The Balaban J connectivity index is 1.51. The lowest BCUT2D eigenvalue weighted by atomic mass is 10.1. The molecule has 0 aliphatic carbocycles. The predicted octanol–water partition coefficient (Wildman–Crippen LogP) is 2.04. The Morgan fingerprint density at radius 1 is 1.20 bits per heavy atom. The SMILES string of the molecule is C=c1c(=O)c(=C2NC=C(Cc3ccc(F)cc3)S2)nc2n(Cc3nccs3)ccn12. The number of imidazole rings is 1. The number of nitrogens with zero attached hydrogens (tertiary/aromatic N) is 4. The molecule has 0 bridgehead atoms. The molecule has 0 fully saturated rings. The zero-order chi connectivity index (χ0) is 20.7. The van der Waals surface area contributed by atoms with Crippen LogP contribution in [0.5, 0.6) is 0 Å². The van der Waals surface area contributed by atoms with Gasteiger partial charge in [0.25, 0.3) is 0 Å². The molecule has 4 heterocycles. The van der Waals surface area contributed by atoms with Crippen LogP contribution in [-0.2, 0) is 13.0 Å². The molecule has 1 N–H and O–H groups in total. The fraction of sp³-hybridized carbons (Fsp3) is 0.0952. The van der Waals surface area contributed by atoms with E-state index in [-0.39, 0.29) is 11.2 Å². The molecule has 0 saturated heterocycles. The van der Waals surface area contributed by atoms with Crippen molar-refractivity contribution in [2.45, 2.75) is 13.0 Å². The van der Waals surface area contributed by atoms with Crippen LogP contribution in [0.4, 0.5) is 4.39 Å². The van der Waals surface area contributed by atoms with Crippen LogP contribution in [0.1, 0.15) is 10.6 Å². The highest BCUT2D eigenvalue weighted by atomic mass is 32.2. The van der Waals surface area contributed by atoms with E-state index in [0.717, 1.165) is 15.5 Å². The van der Waals surface area contributed by atoms with Crippen LogP contribution in [0.3, 0.4) is 0 Å². The third-order valence-electron chi connectivity index (χ3n) is 4.74. The largest absolute Gasteiger partial charge is 0.354 e. The first-order chi connectivity index (χ1) is 14.6. The second-order valence-electron chi connectivity index (χ2n) is 6.75. The molecule has 0 amide bonds. The maximum Gasteiger partial charge on any atom is 0.230 e. The van der Waals surface area contributed by atoms with Crippen LogP contribution < -0.4 is 21.4 Å². The Labute approximate surface area is 178 Å². The van der Waals surface area contributed by atoms with Gasteiger partial charge < -0.3 is 9.88 Å². The molecule has 9 heteroatoms. The molecule has 5 rings (SSSR count). The van der Waals surface area contributed by atoms with E-state index in [9.17, 15) is 9.18 Å². The number of thioether (sulfide) groups is 1. The van der Waals surface area contributed by atoms with E-state index in [1.54, 1.807) is 40.3 Å². The number of thiazole rings is 1. The Bertz CT molecular complexity index is 1440. The molecule has 6 nitrogen and oxygen atoms in total. The van der Waals surface area contributed by atoms with E-state index in [0.29, 0.717) is 34.5 Å². The van der Waals surface area contributed by atoms with Gasteiger partial charge >= 0.3 is 0 Å². The van der Waals surface area contributed by atoms with Crippen LogP contribution in [0.2, 0.25) is 0 Å². The van der Waals surface area contributed by atoms with Crippen LogP contribution in [0.25, 0.3) is 17.4 Å². The molecule has 150 valence electrons. The molecule has 30 heavy (non-hydrogen) atoms. The Kier molecular flexibility index (Phi) is 4.76. The van der Waals surface area contributed by atoms with Gasteiger partial charge in [-0.05, 0) is 17.7 Å². The molecule has 0 atom stereocenters. The van der Waals surface area contributed by atoms with Crippen molar-refractivity contribution in [2.75, 3.05) is 0 Å². The van der Waals surface area contributed by atoms with E-state index in [2.05, 4.69) is 21.9 Å². The molecule has 0 saturated carbocycles. The summed E-state index contributed by atoms with van der Waals surface area (Å²) in [6.45, 7) is 4.54. The number of aromatic nitrogens is 4. The zero-order valence-electron chi connectivity index (χ0n) is 15.7. The number of rotatable bonds is 4. The fourth-order valence-corrected chi connectivity index (χ4v) is 4.83. The van der Waals surface area contributed by atoms with Gasteiger partial charge in [0.1, 0.15) is 21.2 Å². The number of benzene rings is 1. The van der Waals surface area contributed by atoms with Gasteiger partial charge in [0, 0.05) is 41.5 Å². The Hall–Kier alpha value is -3.17. The molecule has 4 aromatic rings. The molecule has 0 radical (unpaired) electrons. The fourth-order valence-electron chi connectivity index (χ4n) is 3.24. The second-order valence-corrected chi connectivity index (χ2v) is 8.86. The standard InChI is InChI=1S/C21H16FN5OS2/c1-13-19(28)18(20-24-11-16(30-20)10-14-2-4-15(22)5-3-14)25-21-26(7-8-27(13)21)12-17-23-6-9-29-17/h2-9,11,24H,1,10,12H2. The van der Waals surface area contributed by atoms with Crippen molar-refractivity contribution in [1.29, 1.82) is 0 Å². The molecular formula is C21H16FN5OS2. The maximum absolute atomic E-state index is 13.1. The van der Waals surface area contributed by atoms with Crippen molar-refractivity contribution in [3.63, 3.8) is 0 Å². The smallest absolute Gasteiger partial charge is 0.230 e. The minimum Gasteiger partial charge on any atom is -0.354 e. The summed E-state index contributed by atoms with van der Waals surface area (Å²) >= 11 is 3.03. The highest BCUT2D eigenvalue weighted by molar-refractivity contribution is 8.11. The summed E-state index contributed by atoms with van der Waals surface area (Å²) in [6, 6.07) is 6.41. The number of fused-ring (bicyclic) bond motifs is 1. The number of hydrogen-bond donors (Lipinski definition) is 1. The predicted molar refractivity (Wildman–Crippen MR) is 118 cm³/mol. The summed E-state index contributed by atoms with van der Waals surface area (Å²) in [6.07, 6.45) is 7.94. The molecule has 3 aromatic heterocycles. The Morgan fingerprint density at radius 3 is 2.80 bits per heavy atom. The van der Waals surface area contributed by atoms with Crippen LogP contribution in [0, 0.1) is 5.82 Å². The topological polar surface area (TPSA) is 64.2 Å². The van der Waals surface area contributed by atoms with Gasteiger partial charge in [-0.1, -0.05) is 30.5 Å². The van der Waals surface area contributed by atoms with Gasteiger partial charge in [-0.15, -0.1) is 11.3 Å². The molecular weight excluding hydrogens is 421 g/mol. The molecule has 1 aliphatic rings. The van der Waals surface area contributed by atoms with Crippen molar-refractivity contribution in [3.8, 4) is 0 Å². The van der Waals surface area contributed by atoms with Crippen LogP contribution in [0.15, 0.2) is 64.1 Å². The normalized spacial score (nSPS) is 15.4. The van der Waals surface area contributed by atoms with Crippen molar-refractivity contribution in [2.24, 2.45) is 0 Å². The van der Waals surface area contributed by atoms with Crippen molar-refractivity contribution >= 4 is 40.5 Å². The summed E-state index contributed by atoms with van der Waals surface area (Å²) in [5.74, 6) is 0.374. The minimum absolute atomic E-state index is 0.217. The average Bonchev–Trinajstić information content (AvgIpc) is 3.49. The first-order valence-corrected chi connectivity index (χ1v) is 10.8. The quantitative estimate of drug-likeness (QED) is 0.529. The highest BCUT2D eigenvalue weighted by Crippen LogP contribution is 2.31. The van der Waals surface area contributed by atoms with E-state index >= 15 is 0 Å². The zero-order valence-corrected chi connectivity index (χ0v) is 17.3. The summed E-state index contributed by atoms with van der Waals surface area (Å²) < 4.78 is 16.8. The number of allylic oxidation sites excluding steroid dienone is 1. The van der Waals surface area contributed by atoms with Gasteiger partial charge in [0.05, 0.1) is 11.9 Å². The molecule has 1 aromatic carbocycles. The first-order valence-electron chi connectivity index (χ1n) is 9.15. The molecule has 0 unspecified atom stereocenters.